The van der Waals surface area contributed by atoms with Gasteiger partial charge in [-0.1, -0.05) is 23.7 Å². The van der Waals surface area contributed by atoms with Crippen molar-refractivity contribution in [3.8, 4) is 5.75 Å². The van der Waals surface area contributed by atoms with Crippen molar-refractivity contribution in [2.45, 2.75) is 18.4 Å². The molecule has 0 aromatic heterocycles. The van der Waals surface area contributed by atoms with Crippen molar-refractivity contribution in [3.63, 3.8) is 0 Å². The van der Waals surface area contributed by atoms with Gasteiger partial charge in [0, 0.05) is 18.6 Å². The third-order valence-electron chi connectivity index (χ3n) is 3.16. The molecule has 118 valence electrons. The summed E-state index contributed by atoms with van der Waals surface area (Å²) in [6.45, 7) is 2.71. The Morgan fingerprint density at radius 2 is 1.64 bits per heavy atom. The first kappa shape index (κ1) is 16.8. The summed E-state index contributed by atoms with van der Waals surface area (Å²) in [5.74, 6) is 0.654. The van der Waals surface area contributed by atoms with Crippen molar-refractivity contribution >= 4 is 21.6 Å². The van der Waals surface area contributed by atoms with E-state index < -0.39 is 10.0 Å². The third kappa shape index (κ3) is 4.00. The predicted molar refractivity (Wildman–Crippen MR) is 87.7 cm³/mol. The summed E-state index contributed by atoms with van der Waals surface area (Å²) in [5.41, 5.74) is 0.876. The highest BCUT2D eigenvalue weighted by molar-refractivity contribution is 7.89. The summed E-state index contributed by atoms with van der Waals surface area (Å²) in [4.78, 5) is 0.243. The van der Waals surface area contributed by atoms with E-state index in [9.17, 15) is 8.42 Å². The summed E-state index contributed by atoms with van der Waals surface area (Å²) in [6, 6.07) is 13.5. The number of hydrogen-bond acceptors (Lipinski definition) is 3. The first-order chi connectivity index (χ1) is 10.4. The van der Waals surface area contributed by atoms with Crippen molar-refractivity contribution in [2.75, 3.05) is 13.7 Å². The minimum Gasteiger partial charge on any atom is -0.494 e. The summed E-state index contributed by atoms with van der Waals surface area (Å²) in [7, 11) is -1.98. The maximum Gasteiger partial charge on any atom is 0.243 e. The number of ether oxygens (including phenoxy) is 1. The van der Waals surface area contributed by atoms with Gasteiger partial charge >= 0.3 is 0 Å². The first-order valence-electron chi connectivity index (χ1n) is 6.87. The molecule has 2 aromatic rings. The first-order valence-corrected chi connectivity index (χ1v) is 8.69. The van der Waals surface area contributed by atoms with Gasteiger partial charge in [-0.15, -0.1) is 0 Å². The number of rotatable bonds is 6. The Bertz CT molecular complexity index is 712. The molecule has 0 amide bonds. The Balaban J connectivity index is 2.16. The molecular weight excluding hydrogens is 322 g/mol. The lowest BCUT2D eigenvalue weighted by atomic mass is 10.2. The van der Waals surface area contributed by atoms with E-state index in [1.807, 2.05) is 19.1 Å². The van der Waals surface area contributed by atoms with Crippen molar-refractivity contribution in [1.29, 1.82) is 0 Å². The summed E-state index contributed by atoms with van der Waals surface area (Å²) in [5, 5.41) is 0.626. The molecule has 2 rings (SSSR count). The van der Waals surface area contributed by atoms with Crippen LogP contribution in [0.5, 0.6) is 5.75 Å². The molecule has 0 aliphatic rings. The molecule has 0 bridgehead atoms. The molecule has 4 nitrogen and oxygen atoms in total. The normalized spacial score (nSPS) is 11.6. The van der Waals surface area contributed by atoms with E-state index in [-0.39, 0.29) is 11.4 Å². The van der Waals surface area contributed by atoms with Gasteiger partial charge in [0.25, 0.3) is 0 Å². The van der Waals surface area contributed by atoms with Crippen molar-refractivity contribution in [2.24, 2.45) is 0 Å². The quantitative estimate of drug-likeness (QED) is 0.808. The van der Waals surface area contributed by atoms with Crippen molar-refractivity contribution in [3.05, 3.63) is 59.1 Å². The summed E-state index contributed by atoms with van der Waals surface area (Å²) < 4.78 is 31.7. The van der Waals surface area contributed by atoms with Gasteiger partial charge in [-0.25, -0.2) is 8.42 Å². The van der Waals surface area contributed by atoms with Crippen LogP contribution in [0.25, 0.3) is 0 Å². The summed E-state index contributed by atoms with van der Waals surface area (Å²) >= 11 is 5.83. The molecule has 0 saturated carbocycles. The molecule has 0 heterocycles. The van der Waals surface area contributed by atoms with Crippen LogP contribution in [-0.4, -0.2) is 26.4 Å². The minimum atomic E-state index is -3.53. The Labute approximate surface area is 136 Å². The van der Waals surface area contributed by atoms with E-state index in [4.69, 9.17) is 16.3 Å². The van der Waals surface area contributed by atoms with Crippen LogP contribution >= 0.6 is 11.6 Å². The predicted octanol–water partition coefficient (Wildman–Crippen LogP) is 3.56. The molecular formula is C16H18ClNO3S. The second-order valence-corrected chi connectivity index (χ2v) is 7.27. The second-order valence-electron chi connectivity index (χ2n) is 4.79. The molecule has 0 fully saturated rings. The third-order valence-corrected chi connectivity index (χ3v) is 5.23. The van der Waals surface area contributed by atoms with Gasteiger partial charge < -0.3 is 4.74 Å². The van der Waals surface area contributed by atoms with Gasteiger partial charge in [-0.3, -0.25) is 0 Å². The monoisotopic (exact) mass is 339 g/mol. The lowest BCUT2D eigenvalue weighted by molar-refractivity contribution is 0.340. The SMILES string of the molecule is CCOc1ccc(S(=O)(=O)N(C)Cc2ccc(Cl)cc2)cc1. The highest BCUT2D eigenvalue weighted by Gasteiger charge is 2.20. The van der Waals surface area contributed by atoms with Crippen LogP contribution in [0.2, 0.25) is 5.02 Å². The molecule has 6 heteroatoms. The molecule has 0 saturated heterocycles. The standard InChI is InChI=1S/C16H18ClNO3S/c1-3-21-15-8-10-16(11-9-15)22(19,20)18(2)12-13-4-6-14(17)7-5-13/h4-11H,3,12H2,1-2H3. The Hall–Kier alpha value is -1.56. The zero-order chi connectivity index (χ0) is 16.2. The van der Waals surface area contributed by atoms with Gasteiger partial charge in [0.1, 0.15) is 5.75 Å². The van der Waals surface area contributed by atoms with Crippen molar-refractivity contribution < 1.29 is 13.2 Å². The topological polar surface area (TPSA) is 46.6 Å². The Morgan fingerprint density at radius 3 is 2.18 bits per heavy atom. The van der Waals surface area contributed by atoms with Gasteiger partial charge in [-0.05, 0) is 48.9 Å². The van der Waals surface area contributed by atoms with Gasteiger partial charge in [0.15, 0.2) is 0 Å². The molecule has 0 N–H and O–H groups in total. The van der Waals surface area contributed by atoms with Gasteiger partial charge in [-0.2, -0.15) is 4.31 Å². The smallest absolute Gasteiger partial charge is 0.243 e. The minimum absolute atomic E-state index is 0.243. The fourth-order valence-corrected chi connectivity index (χ4v) is 3.27. The van der Waals surface area contributed by atoms with Crippen LogP contribution in [-0.2, 0) is 16.6 Å². The largest absolute Gasteiger partial charge is 0.494 e. The second kappa shape index (κ2) is 7.13. The maximum absolute atomic E-state index is 12.5. The Morgan fingerprint density at radius 1 is 1.05 bits per heavy atom. The van der Waals surface area contributed by atoms with Crippen LogP contribution in [0.1, 0.15) is 12.5 Å². The van der Waals surface area contributed by atoms with Gasteiger partial charge in [0.05, 0.1) is 11.5 Å². The molecule has 0 unspecified atom stereocenters. The van der Waals surface area contributed by atoms with Crippen LogP contribution in [0.15, 0.2) is 53.4 Å². The zero-order valence-electron chi connectivity index (χ0n) is 12.5. The van der Waals surface area contributed by atoms with E-state index in [1.165, 1.54) is 4.31 Å². The zero-order valence-corrected chi connectivity index (χ0v) is 14.1. The molecule has 2 aromatic carbocycles. The fraction of sp³-hybridized carbons (Fsp3) is 0.250. The van der Waals surface area contributed by atoms with E-state index >= 15 is 0 Å². The maximum atomic E-state index is 12.5. The number of halogens is 1. The molecule has 0 radical (unpaired) electrons. The van der Waals surface area contributed by atoms with Crippen LogP contribution in [0.4, 0.5) is 0 Å². The van der Waals surface area contributed by atoms with E-state index in [2.05, 4.69) is 0 Å². The highest BCUT2D eigenvalue weighted by Crippen LogP contribution is 2.20. The fourth-order valence-electron chi connectivity index (χ4n) is 1.99. The van der Waals surface area contributed by atoms with Gasteiger partial charge in [0.2, 0.25) is 10.0 Å². The lowest BCUT2D eigenvalue weighted by Crippen LogP contribution is -2.26. The van der Waals surface area contributed by atoms with Crippen LogP contribution < -0.4 is 4.74 Å². The number of hydrogen-bond donors (Lipinski definition) is 0. The van der Waals surface area contributed by atoms with E-state index in [1.54, 1.807) is 43.4 Å². The van der Waals surface area contributed by atoms with E-state index in [0.29, 0.717) is 17.4 Å². The molecule has 0 aliphatic heterocycles. The molecule has 0 spiro atoms. The number of sulfonamides is 1. The van der Waals surface area contributed by atoms with Crippen molar-refractivity contribution in [1.82, 2.24) is 4.31 Å². The highest BCUT2D eigenvalue weighted by atomic mass is 35.5. The Kier molecular flexibility index (Phi) is 5.45. The number of nitrogens with zero attached hydrogens (tertiary/aromatic N) is 1. The van der Waals surface area contributed by atoms with Crippen LogP contribution in [0.3, 0.4) is 0 Å². The molecule has 0 aliphatic carbocycles. The average molecular weight is 340 g/mol. The van der Waals surface area contributed by atoms with Crippen LogP contribution in [0, 0.1) is 0 Å². The molecule has 22 heavy (non-hydrogen) atoms. The summed E-state index contributed by atoms with van der Waals surface area (Å²) in [6.07, 6.45) is 0. The molecule has 0 atom stereocenters. The average Bonchev–Trinajstić information content (AvgIpc) is 2.50. The lowest BCUT2D eigenvalue weighted by Gasteiger charge is -2.17. The number of benzene rings is 2. The van der Waals surface area contributed by atoms with E-state index in [0.717, 1.165) is 5.56 Å².